The van der Waals surface area contributed by atoms with Crippen LogP contribution in [-0.2, 0) is 6.54 Å². The summed E-state index contributed by atoms with van der Waals surface area (Å²) in [4.78, 5) is 2.64. The molecule has 0 saturated heterocycles. The Morgan fingerprint density at radius 1 is 1.30 bits per heavy atom. The van der Waals surface area contributed by atoms with Gasteiger partial charge in [-0.3, -0.25) is 4.90 Å². The number of methoxy groups -OCH3 is 1. The van der Waals surface area contributed by atoms with Crippen molar-refractivity contribution < 1.29 is 4.74 Å². The largest absolute Gasteiger partial charge is 0.495 e. The lowest BCUT2D eigenvalue weighted by Crippen LogP contribution is -2.35. The van der Waals surface area contributed by atoms with Gasteiger partial charge >= 0.3 is 0 Å². The van der Waals surface area contributed by atoms with Gasteiger partial charge in [-0.25, -0.2) is 0 Å². The molecule has 0 atom stereocenters. The van der Waals surface area contributed by atoms with Crippen molar-refractivity contribution in [2.24, 2.45) is 5.92 Å². The first-order valence-corrected chi connectivity index (χ1v) is 7.76. The van der Waals surface area contributed by atoms with Gasteiger partial charge in [0.15, 0.2) is 0 Å². The van der Waals surface area contributed by atoms with Crippen LogP contribution in [0.3, 0.4) is 0 Å². The van der Waals surface area contributed by atoms with Crippen molar-refractivity contribution in [3.63, 3.8) is 0 Å². The Labute approximate surface area is 123 Å². The van der Waals surface area contributed by atoms with Crippen molar-refractivity contribution in [3.8, 4) is 5.75 Å². The molecule has 0 aliphatic heterocycles. The van der Waals surface area contributed by atoms with Crippen LogP contribution in [0, 0.1) is 5.92 Å². The molecular weight excluding hydrogens is 248 g/mol. The lowest BCUT2D eigenvalue weighted by molar-refractivity contribution is 0.168. The molecule has 3 nitrogen and oxygen atoms in total. The van der Waals surface area contributed by atoms with Crippen LogP contribution in [0.4, 0.5) is 5.69 Å². The first-order valence-electron chi connectivity index (χ1n) is 7.76. The minimum absolute atomic E-state index is 0.700. The predicted molar refractivity (Wildman–Crippen MR) is 84.9 cm³/mol. The van der Waals surface area contributed by atoms with Crippen molar-refractivity contribution in [2.75, 3.05) is 19.4 Å². The molecule has 0 heterocycles. The predicted octanol–water partition coefficient (Wildman–Crippen LogP) is 3.68. The number of nitrogens with two attached hydrogens (primary N) is 1. The summed E-state index contributed by atoms with van der Waals surface area (Å²) in [7, 11) is 1.66. The lowest BCUT2D eigenvalue weighted by atomic mass is 10.1. The van der Waals surface area contributed by atoms with Gasteiger partial charge in [0.1, 0.15) is 5.75 Å². The molecule has 1 aliphatic rings. The topological polar surface area (TPSA) is 38.5 Å². The van der Waals surface area contributed by atoms with Gasteiger partial charge in [0.2, 0.25) is 0 Å². The van der Waals surface area contributed by atoms with Gasteiger partial charge in [0.25, 0.3) is 0 Å². The maximum absolute atomic E-state index is 6.02. The molecule has 2 N–H and O–H groups in total. The molecule has 20 heavy (non-hydrogen) atoms. The number of anilines is 1. The van der Waals surface area contributed by atoms with E-state index in [9.17, 15) is 0 Å². The molecule has 3 heteroatoms. The van der Waals surface area contributed by atoms with E-state index in [1.54, 1.807) is 7.11 Å². The minimum atomic E-state index is 0.700. The summed E-state index contributed by atoms with van der Waals surface area (Å²) in [6.07, 6.45) is 5.45. The van der Waals surface area contributed by atoms with Crippen molar-refractivity contribution in [1.29, 1.82) is 0 Å². The summed E-state index contributed by atoms with van der Waals surface area (Å²) in [5.74, 6) is 1.47. The van der Waals surface area contributed by atoms with Gasteiger partial charge in [0, 0.05) is 19.1 Å². The summed E-state index contributed by atoms with van der Waals surface area (Å²) in [6.45, 7) is 6.75. The fourth-order valence-electron chi connectivity index (χ4n) is 3.20. The molecule has 2 rings (SSSR count). The van der Waals surface area contributed by atoms with Crippen molar-refractivity contribution in [3.05, 3.63) is 23.8 Å². The molecule has 1 fully saturated rings. The number of hydrogen-bond donors (Lipinski definition) is 1. The Balaban J connectivity index is 2.08. The molecule has 0 unspecified atom stereocenters. The first-order chi connectivity index (χ1) is 9.60. The standard InChI is InChI=1S/C17H28N2O/c1-13(2)11-19(15-6-4-5-7-15)12-14-8-9-17(20-3)16(18)10-14/h8-10,13,15H,4-7,11-12,18H2,1-3H3. The molecule has 0 aromatic heterocycles. The van der Waals surface area contributed by atoms with Crippen LogP contribution in [0.2, 0.25) is 0 Å². The maximum Gasteiger partial charge on any atom is 0.141 e. The molecule has 0 radical (unpaired) electrons. The van der Waals surface area contributed by atoms with Gasteiger partial charge in [-0.1, -0.05) is 32.8 Å². The van der Waals surface area contributed by atoms with Gasteiger partial charge in [-0.05, 0) is 36.5 Å². The van der Waals surface area contributed by atoms with Crippen LogP contribution in [0.5, 0.6) is 5.75 Å². The third-order valence-electron chi connectivity index (χ3n) is 4.12. The second-order valence-corrected chi connectivity index (χ2v) is 6.34. The summed E-state index contributed by atoms with van der Waals surface area (Å²) in [5, 5.41) is 0. The molecule has 1 aromatic rings. The number of rotatable bonds is 6. The van der Waals surface area contributed by atoms with Crippen molar-refractivity contribution >= 4 is 5.69 Å². The van der Waals surface area contributed by atoms with E-state index in [0.717, 1.165) is 30.6 Å². The van der Waals surface area contributed by atoms with Gasteiger partial charge < -0.3 is 10.5 Å². The maximum atomic E-state index is 6.02. The van der Waals surface area contributed by atoms with Gasteiger partial charge in [0.05, 0.1) is 12.8 Å². The van der Waals surface area contributed by atoms with E-state index in [0.29, 0.717) is 5.92 Å². The quantitative estimate of drug-likeness (QED) is 0.806. The highest BCUT2D eigenvalue weighted by Crippen LogP contribution is 2.27. The third kappa shape index (κ3) is 3.89. The highest BCUT2D eigenvalue weighted by atomic mass is 16.5. The summed E-state index contributed by atoms with van der Waals surface area (Å²) in [6, 6.07) is 6.92. The fraction of sp³-hybridized carbons (Fsp3) is 0.647. The zero-order chi connectivity index (χ0) is 14.5. The molecule has 112 valence electrons. The summed E-state index contributed by atoms with van der Waals surface area (Å²) in [5.41, 5.74) is 8.04. The number of benzene rings is 1. The number of nitrogens with zero attached hydrogens (tertiary/aromatic N) is 1. The molecule has 0 amide bonds. The normalized spacial score (nSPS) is 16.2. The smallest absolute Gasteiger partial charge is 0.141 e. The highest BCUT2D eigenvalue weighted by molar-refractivity contribution is 5.54. The fourth-order valence-corrected chi connectivity index (χ4v) is 3.20. The second kappa shape index (κ2) is 6.98. The average Bonchev–Trinajstić information content (AvgIpc) is 2.91. The summed E-state index contributed by atoms with van der Waals surface area (Å²) < 4.78 is 5.23. The van der Waals surface area contributed by atoms with E-state index >= 15 is 0 Å². The van der Waals surface area contributed by atoms with E-state index in [1.165, 1.54) is 31.2 Å². The van der Waals surface area contributed by atoms with Crippen LogP contribution in [0.25, 0.3) is 0 Å². The first kappa shape index (κ1) is 15.2. The van der Waals surface area contributed by atoms with Crippen LogP contribution in [0.15, 0.2) is 18.2 Å². The third-order valence-corrected chi connectivity index (χ3v) is 4.12. The minimum Gasteiger partial charge on any atom is -0.495 e. The van der Waals surface area contributed by atoms with E-state index < -0.39 is 0 Å². The highest BCUT2D eigenvalue weighted by Gasteiger charge is 2.23. The summed E-state index contributed by atoms with van der Waals surface area (Å²) >= 11 is 0. The van der Waals surface area contributed by atoms with E-state index in [1.807, 2.05) is 6.07 Å². The van der Waals surface area contributed by atoms with Gasteiger partial charge in [-0.15, -0.1) is 0 Å². The number of nitrogen functional groups attached to an aromatic ring is 1. The average molecular weight is 276 g/mol. The van der Waals surface area contributed by atoms with E-state index in [2.05, 4.69) is 30.9 Å². The molecule has 1 aromatic carbocycles. The van der Waals surface area contributed by atoms with Crippen LogP contribution >= 0.6 is 0 Å². The molecule has 1 saturated carbocycles. The Morgan fingerprint density at radius 2 is 2.00 bits per heavy atom. The second-order valence-electron chi connectivity index (χ2n) is 6.34. The van der Waals surface area contributed by atoms with E-state index in [-0.39, 0.29) is 0 Å². The number of ether oxygens (including phenoxy) is 1. The SMILES string of the molecule is COc1ccc(CN(CC(C)C)C2CCCC2)cc1N. The van der Waals surface area contributed by atoms with E-state index in [4.69, 9.17) is 10.5 Å². The zero-order valence-corrected chi connectivity index (χ0v) is 13.1. The molecule has 0 spiro atoms. The number of hydrogen-bond acceptors (Lipinski definition) is 3. The van der Waals surface area contributed by atoms with Crippen LogP contribution in [-0.4, -0.2) is 24.6 Å². The molecular formula is C17H28N2O. The van der Waals surface area contributed by atoms with Crippen LogP contribution < -0.4 is 10.5 Å². The monoisotopic (exact) mass is 276 g/mol. The van der Waals surface area contributed by atoms with Crippen molar-refractivity contribution in [2.45, 2.75) is 52.1 Å². The zero-order valence-electron chi connectivity index (χ0n) is 13.1. The Hall–Kier alpha value is -1.22. The van der Waals surface area contributed by atoms with Crippen LogP contribution in [0.1, 0.15) is 45.1 Å². The van der Waals surface area contributed by atoms with Gasteiger partial charge in [-0.2, -0.15) is 0 Å². The molecule has 0 bridgehead atoms. The lowest BCUT2D eigenvalue weighted by Gasteiger charge is -2.30. The Morgan fingerprint density at radius 3 is 2.55 bits per heavy atom. The van der Waals surface area contributed by atoms with Crippen molar-refractivity contribution in [1.82, 2.24) is 4.90 Å². The Kier molecular flexibility index (Phi) is 5.30. The Bertz CT molecular complexity index is 425. The molecule has 1 aliphatic carbocycles.